The highest BCUT2D eigenvalue weighted by Crippen LogP contribution is 2.36. The Labute approximate surface area is 178 Å². The first kappa shape index (κ1) is 19.1. The van der Waals surface area contributed by atoms with Gasteiger partial charge in [-0.25, -0.2) is 4.98 Å². The molecule has 3 aromatic rings. The number of aromatic nitrogens is 2. The quantitative estimate of drug-likeness (QED) is 0.554. The number of hydrogen-bond acceptors (Lipinski definition) is 5. The summed E-state index contributed by atoms with van der Waals surface area (Å²) in [7, 11) is 0. The minimum Gasteiger partial charge on any atom is -0.298 e. The molecule has 0 radical (unpaired) electrons. The van der Waals surface area contributed by atoms with Crippen molar-refractivity contribution in [2.24, 2.45) is 0 Å². The molecular weight excluding hydrogens is 400 g/mol. The van der Waals surface area contributed by atoms with E-state index in [1.54, 1.807) is 11.3 Å². The van der Waals surface area contributed by atoms with Gasteiger partial charge in [0.25, 0.3) is 5.56 Å². The molecular formula is C23H24N2O2S2. The van der Waals surface area contributed by atoms with Crippen LogP contribution in [0.1, 0.15) is 54.5 Å². The maximum Gasteiger partial charge on any atom is 0.263 e. The number of benzene rings is 1. The number of carbonyl (C=O) groups excluding carboxylic acids is 1. The number of carbonyl (C=O) groups is 1. The first-order valence-electron chi connectivity index (χ1n) is 10.5. The third kappa shape index (κ3) is 3.68. The number of hydrogen-bond donors (Lipinski definition) is 0. The van der Waals surface area contributed by atoms with E-state index in [1.807, 2.05) is 34.9 Å². The summed E-state index contributed by atoms with van der Waals surface area (Å²) >= 11 is 3.19. The van der Waals surface area contributed by atoms with Crippen LogP contribution in [0.25, 0.3) is 10.2 Å². The number of nitrogens with zero attached hydrogens (tertiary/aromatic N) is 2. The summed E-state index contributed by atoms with van der Waals surface area (Å²) < 4.78 is 1.81. The minimum absolute atomic E-state index is 0.0593. The third-order valence-electron chi connectivity index (χ3n) is 5.97. The van der Waals surface area contributed by atoms with Gasteiger partial charge < -0.3 is 0 Å². The molecule has 2 aliphatic carbocycles. The van der Waals surface area contributed by atoms with E-state index in [4.69, 9.17) is 4.98 Å². The van der Waals surface area contributed by atoms with Gasteiger partial charge in [0, 0.05) is 11.3 Å². The second-order valence-corrected chi connectivity index (χ2v) is 10.2. The van der Waals surface area contributed by atoms with Crippen molar-refractivity contribution < 1.29 is 4.79 Å². The summed E-state index contributed by atoms with van der Waals surface area (Å²) in [5.74, 6) is 0.298. The predicted octanol–water partition coefficient (Wildman–Crippen LogP) is 4.99. The van der Waals surface area contributed by atoms with Gasteiger partial charge in [0.15, 0.2) is 5.16 Å². The lowest BCUT2D eigenvalue weighted by Gasteiger charge is -2.21. The van der Waals surface area contributed by atoms with Gasteiger partial charge in [0.1, 0.15) is 10.6 Å². The SMILES string of the molecule is O=C1CCCC[C@@H]1Sc1nc2sc3c(c2c(=O)n1Cc1ccccc1)CCCC3. The number of rotatable bonds is 4. The van der Waals surface area contributed by atoms with Crippen LogP contribution in [0, 0.1) is 0 Å². The van der Waals surface area contributed by atoms with Crippen LogP contribution in [-0.2, 0) is 24.2 Å². The highest BCUT2D eigenvalue weighted by molar-refractivity contribution is 8.00. The van der Waals surface area contributed by atoms with E-state index < -0.39 is 0 Å². The first-order chi connectivity index (χ1) is 14.2. The van der Waals surface area contributed by atoms with Gasteiger partial charge in [-0.1, -0.05) is 48.5 Å². The summed E-state index contributed by atoms with van der Waals surface area (Å²) in [6.07, 6.45) is 7.95. The molecule has 2 heterocycles. The summed E-state index contributed by atoms with van der Waals surface area (Å²) in [6, 6.07) is 10.1. The van der Waals surface area contributed by atoms with Crippen LogP contribution in [-0.4, -0.2) is 20.6 Å². The van der Waals surface area contributed by atoms with Gasteiger partial charge in [-0.05, 0) is 49.7 Å². The average Bonchev–Trinajstić information content (AvgIpc) is 3.11. The highest BCUT2D eigenvalue weighted by atomic mass is 32.2. The van der Waals surface area contributed by atoms with Crippen molar-refractivity contribution in [3.8, 4) is 0 Å². The minimum atomic E-state index is -0.0790. The number of aryl methyl sites for hydroxylation is 2. The largest absolute Gasteiger partial charge is 0.298 e. The number of Topliss-reactive ketones (excluding diaryl/α,β-unsaturated/α-hetero) is 1. The van der Waals surface area contributed by atoms with E-state index in [0.29, 0.717) is 23.9 Å². The average molecular weight is 425 g/mol. The Hall–Kier alpha value is -1.92. The summed E-state index contributed by atoms with van der Waals surface area (Å²) in [6.45, 7) is 0.497. The van der Waals surface area contributed by atoms with Crippen molar-refractivity contribution in [1.29, 1.82) is 0 Å². The number of ketones is 1. The van der Waals surface area contributed by atoms with Crippen LogP contribution in [0.5, 0.6) is 0 Å². The van der Waals surface area contributed by atoms with Crippen molar-refractivity contribution in [2.45, 2.75) is 68.3 Å². The molecule has 2 aliphatic rings. The van der Waals surface area contributed by atoms with Crippen LogP contribution in [0.3, 0.4) is 0 Å². The van der Waals surface area contributed by atoms with Crippen LogP contribution >= 0.6 is 23.1 Å². The topological polar surface area (TPSA) is 52.0 Å². The highest BCUT2D eigenvalue weighted by Gasteiger charge is 2.27. The molecule has 150 valence electrons. The second kappa shape index (κ2) is 8.07. The molecule has 1 fully saturated rings. The van der Waals surface area contributed by atoms with Crippen LogP contribution in [0.15, 0.2) is 40.3 Å². The van der Waals surface area contributed by atoms with Gasteiger partial charge in [0.2, 0.25) is 0 Å². The lowest BCUT2D eigenvalue weighted by Crippen LogP contribution is -2.27. The molecule has 1 atom stereocenters. The molecule has 0 saturated heterocycles. The zero-order chi connectivity index (χ0) is 19.8. The molecule has 1 aromatic carbocycles. The Morgan fingerprint density at radius 2 is 1.83 bits per heavy atom. The van der Waals surface area contributed by atoms with Crippen molar-refractivity contribution in [2.75, 3.05) is 0 Å². The van der Waals surface area contributed by atoms with E-state index in [9.17, 15) is 9.59 Å². The zero-order valence-electron chi connectivity index (χ0n) is 16.4. The monoisotopic (exact) mass is 424 g/mol. The number of thiophene rings is 1. The Kier molecular flexibility index (Phi) is 5.31. The molecule has 0 amide bonds. The summed E-state index contributed by atoms with van der Waals surface area (Å²) in [5, 5.41) is 1.44. The molecule has 0 bridgehead atoms. The molecule has 29 heavy (non-hydrogen) atoms. The van der Waals surface area contributed by atoms with E-state index in [0.717, 1.165) is 54.3 Å². The van der Waals surface area contributed by atoms with E-state index in [1.165, 1.54) is 28.6 Å². The number of thioether (sulfide) groups is 1. The number of fused-ring (bicyclic) bond motifs is 3. The first-order valence-corrected chi connectivity index (χ1v) is 12.2. The molecule has 4 nitrogen and oxygen atoms in total. The Morgan fingerprint density at radius 1 is 1.03 bits per heavy atom. The van der Waals surface area contributed by atoms with Crippen molar-refractivity contribution in [3.05, 3.63) is 56.7 Å². The van der Waals surface area contributed by atoms with Crippen molar-refractivity contribution >= 4 is 39.1 Å². The van der Waals surface area contributed by atoms with Gasteiger partial charge in [-0.2, -0.15) is 0 Å². The predicted molar refractivity (Wildman–Crippen MR) is 119 cm³/mol. The van der Waals surface area contributed by atoms with E-state index >= 15 is 0 Å². The smallest absolute Gasteiger partial charge is 0.263 e. The fourth-order valence-electron chi connectivity index (χ4n) is 4.42. The van der Waals surface area contributed by atoms with Crippen LogP contribution < -0.4 is 5.56 Å². The maximum absolute atomic E-state index is 13.6. The Morgan fingerprint density at radius 3 is 2.66 bits per heavy atom. The standard InChI is InChI=1S/C23H24N2O2S2/c26-17-11-5-7-13-19(17)29-23-24-21-20(16-10-4-6-12-18(16)28-21)22(27)25(23)14-15-8-2-1-3-9-15/h1-3,8-9,19H,4-7,10-14H2/t19-/m0/s1. The fourth-order valence-corrected chi connectivity index (χ4v) is 6.93. The summed E-state index contributed by atoms with van der Waals surface area (Å²) in [4.78, 5) is 33.2. The molecule has 0 unspecified atom stereocenters. The lowest BCUT2D eigenvalue weighted by atomic mass is 9.97. The van der Waals surface area contributed by atoms with Gasteiger partial charge in [-0.15, -0.1) is 11.3 Å². The Bertz CT molecular complexity index is 1120. The molecule has 0 spiro atoms. The van der Waals surface area contributed by atoms with Crippen molar-refractivity contribution in [3.63, 3.8) is 0 Å². The van der Waals surface area contributed by atoms with Crippen LogP contribution in [0.4, 0.5) is 0 Å². The summed E-state index contributed by atoms with van der Waals surface area (Å²) in [5.41, 5.74) is 2.36. The van der Waals surface area contributed by atoms with Crippen LogP contribution in [0.2, 0.25) is 0 Å². The lowest BCUT2D eigenvalue weighted by molar-refractivity contribution is -0.119. The van der Waals surface area contributed by atoms with Gasteiger partial charge in [-0.3, -0.25) is 14.2 Å². The normalized spacial score (nSPS) is 19.4. The maximum atomic E-state index is 13.6. The Balaban J connectivity index is 1.63. The van der Waals surface area contributed by atoms with E-state index in [2.05, 4.69) is 0 Å². The fraction of sp³-hybridized carbons (Fsp3) is 0.435. The molecule has 5 rings (SSSR count). The van der Waals surface area contributed by atoms with Crippen molar-refractivity contribution in [1.82, 2.24) is 9.55 Å². The molecule has 2 aromatic heterocycles. The van der Waals surface area contributed by atoms with Gasteiger partial charge >= 0.3 is 0 Å². The molecule has 0 N–H and O–H groups in total. The van der Waals surface area contributed by atoms with Gasteiger partial charge in [0.05, 0.1) is 17.2 Å². The molecule has 1 saturated carbocycles. The third-order valence-corrected chi connectivity index (χ3v) is 8.46. The van der Waals surface area contributed by atoms with E-state index in [-0.39, 0.29) is 10.8 Å². The molecule has 0 aliphatic heterocycles. The zero-order valence-corrected chi connectivity index (χ0v) is 18.0. The second-order valence-electron chi connectivity index (χ2n) is 7.98. The molecule has 6 heteroatoms.